The molecule has 104 valence electrons. The van der Waals surface area contributed by atoms with E-state index in [2.05, 4.69) is 34.6 Å². The highest BCUT2D eigenvalue weighted by Gasteiger charge is 2.21. The predicted molar refractivity (Wildman–Crippen MR) is 84.7 cm³/mol. The van der Waals surface area contributed by atoms with Crippen LogP contribution in [0.5, 0.6) is 5.75 Å². The van der Waals surface area contributed by atoms with Crippen LogP contribution in [0.1, 0.15) is 11.1 Å². The van der Waals surface area contributed by atoms with E-state index in [0.29, 0.717) is 6.04 Å². The van der Waals surface area contributed by atoms with E-state index < -0.39 is 0 Å². The largest absolute Gasteiger partial charge is 0.508 e. The minimum atomic E-state index is 0.272. The van der Waals surface area contributed by atoms with Crippen molar-refractivity contribution in [2.24, 2.45) is 0 Å². The summed E-state index contributed by atoms with van der Waals surface area (Å²) < 4.78 is 0. The van der Waals surface area contributed by atoms with E-state index in [1.807, 2.05) is 18.3 Å². The molecule has 1 aliphatic rings. The molecule has 0 aliphatic heterocycles. The lowest BCUT2D eigenvalue weighted by atomic mass is 10.1. The molecule has 3 aromatic rings. The Balaban J connectivity index is 1.66. The number of hydrogen-bond acceptors (Lipinski definition) is 3. The lowest BCUT2D eigenvalue weighted by molar-refractivity contribution is 0.476. The Morgan fingerprint density at radius 2 is 1.76 bits per heavy atom. The molecule has 2 N–H and O–H groups in total. The summed E-state index contributed by atoms with van der Waals surface area (Å²) in [7, 11) is 0. The Labute approximate surface area is 123 Å². The molecule has 1 aromatic heterocycles. The van der Waals surface area contributed by atoms with Crippen molar-refractivity contribution in [2.45, 2.75) is 18.9 Å². The minimum Gasteiger partial charge on any atom is -0.508 e. The maximum absolute atomic E-state index is 9.70. The second kappa shape index (κ2) is 4.77. The summed E-state index contributed by atoms with van der Waals surface area (Å²) in [5, 5.41) is 15.3. The van der Waals surface area contributed by atoms with Gasteiger partial charge in [-0.05, 0) is 47.6 Å². The molecule has 0 radical (unpaired) electrons. The average molecular weight is 276 g/mol. The zero-order valence-electron chi connectivity index (χ0n) is 11.6. The van der Waals surface area contributed by atoms with Crippen molar-refractivity contribution in [3.05, 3.63) is 65.9 Å². The van der Waals surface area contributed by atoms with Gasteiger partial charge in [0, 0.05) is 17.6 Å². The van der Waals surface area contributed by atoms with Crippen LogP contribution in [0.25, 0.3) is 10.8 Å². The highest BCUT2D eigenvalue weighted by atomic mass is 16.3. The minimum absolute atomic E-state index is 0.272. The third kappa shape index (κ3) is 2.21. The SMILES string of the molecule is Oc1ccc2ccnc(NC3Cc4ccccc4C3)c2c1. The van der Waals surface area contributed by atoms with E-state index in [4.69, 9.17) is 0 Å². The van der Waals surface area contributed by atoms with Gasteiger partial charge in [0.15, 0.2) is 0 Å². The highest BCUT2D eigenvalue weighted by molar-refractivity contribution is 5.92. The van der Waals surface area contributed by atoms with E-state index in [1.54, 1.807) is 12.1 Å². The standard InChI is InChI=1S/C18H16N2O/c21-16-6-5-12-7-8-19-18(17(12)11-16)20-15-9-13-3-1-2-4-14(13)10-15/h1-8,11,15,21H,9-10H2,(H,19,20). The fourth-order valence-corrected chi connectivity index (χ4v) is 3.13. The van der Waals surface area contributed by atoms with Gasteiger partial charge in [-0.2, -0.15) is 0 Å². The Morgan fingerprint density at radius 1 is 1.00 bits per heavy atom. The Kier molecular flexibility index (Phi) is 2.78. The molecule has 3 nitrogen and oxygen atoms in total. The number of nitrogens with zero attached hydrogens (tertiary/aromatic N) is 1. The van der Waals surface area contributed by atoms with Crippen molar-refractivity contribution in [1.82, 2.24) is 4.98 Å². The zero-order valence-corrected chi connectivity index (χ0v) is 11.6. The topological polar surface area (TPSA) is 45.2 Å². The number of anilines is 1. The van der Waals surface area contributed by atoms with Gasteiger partial charge in [-0.25, -0.2) is 4.98 Å². The number of aromatic hydroxyl groups is 1. The molecule has 1 aliphatic carbocycles. The van der Waals surface area contributed by atoms with Crippen molar-refractivity contribution in [3.8, 4) is 5.75 Å². The number of pyridine rings is 1. The highest BCUT2D eigenvalue weighted by Crippen LogP contribution is 2.28. The molecule has 0 saturated carbocycles. The molecule has 4 rings (SSSR count). The molecule has 0 atom stereocenters. The Hall–Kier alpha value is -2.55. The van der Waals surface area contributed by atoms with Crippen LogP contribution in [0, 0.1) is 0 Å². The van der Waals surface area contributed by atoms with E-state index in [1.165, 1.54) is 11.1 Å². The molecule has 2 aromatic carbocycles. The smallest absolute Gasteiger partial charge is 0.134 e. The third-order valence-corrected chi connectivity index (χ3v) is 4.14. The zero-order chi connectivity index (χ0) is 14.2. The summed E-state index contributed by atoms with van der Waals surface area (Å²) >= 11 is 0. The number of nitrogens with one attached hydrogen (secondary N) is 1. The lowest BCUT2D eigenvalue weighted by Gasteiger charge is -2.14. The van der Waals surface area contributed by atoms with Crippen molar-refractivity contribution in [3.63, 3.8) is 0 Å². The fraction of sp³-hybridized carbons (Fsp3) is 0.167. The van der Waals surface area contributed by atoms with E-state index in [0.717, 1.165) is 29.4 Å². The summed E-state index contributed by atoms with van der Waals surface area (Å²) in [6.07, 6.45) is 3.85. The molecule has 0 bridgehead atoms. The molecule has 21 heavy (non-hydrogen) atoms. The molecule has 0 spiro atoms. The van der Waals surface area contributed by atoms with Crippen molar-refractivity contribution in [2.75, 3.05) is 5.32 Å². The van der Waals surface area contributed by atoms with Crippen LogP contribution in [0.15, 0.2) is 54.7 Å². The van der Waals surface area contributed by atoms with Gasteiger partial charge in [0.25, 0.3) is 0 Å². The second-order valence-corrected chi connectivity index (χ2v) is 5.58. The van der Waals surface area contributed by atoms with Gasteiger partial charge < -0.3 is 10.4 Å². The van der Waals surface area contributed by atoms with Crippen LogP contribution in [0.2, 0.25) is 0 Å². The molecule has 0 unspecified atom stereocenters. The number of phenolic OH excluding ortho intramolecular Hbond substituents is 1. The average Bonchev–Trinajstić information content (AvgIpc) is 2.90. The Bertz CT molecular complexity index is 788. The number of rotatable bonds is 2. The van der Waals surface area contributed by atoms with E-state index in [-0.39, 0.29) is 5.75 Å². The summed E-state index contributed by atoms with van der Waals surface area (Å²) in [5.74, 6) is 1.12. The van der Waals surface area contributed by atoms with Gasteiger partial charge in [-0.3, -0.25) is 0 Å². The summed E-state index contributed by atoms with van der Waals surface area (Å²) in [6.45, 7) is 0. The van der Waals surface area contributed by atoms with Gasteiger partial charge in [0.2, 0.25) is 0 Å². The Morgan fingerprint density at radius 3 is 2.52 bits per heavy atom. The lowest BCUT2D eigenvalue weighted by Crippen LogP contribution is -2.20. The van der Waals surface area contributed by atoms with Crippen LogP contribution in [-0.2, 0) is 12.8 Å². The molecule has 0 fully saturated rings. The second-order valence-electron chi connectivity index (χ2n) is 5.58. The van der Waals surface area contributed by atoms with Crippen LogP contribution in [0.4, 0.5) is 5.82 Å². The normalized spacial score (nSPS) is 14.3. The summed E-state index contributed by atoms with van der Waals surface area (Å²) in [4.78, 5) is 4.45. The van der Waals surface area contributed by atoms with Crippen LogP contribution < -0.4 is 5.32 Å². The molecular weight excluding hydrogens is 260 g/mol. The van der Waals surface area contributed by atoms with E-state index >= 15 is 0 Å². The van der Waals surface area contributed by atoms with Crippen molar-refractivity contribution < 1.29 is 5.11 Å². The van der Waals surface area contributed by atoms with Gasteiger partial charge in [-0.1, -0.05) is 30.3 Å². The van der Waals surface area contributed by atoms with Crippen LogP contribution in [-0.4, -0.2) is 16.1 Å². The van der Waals surface area contributed by atoms with Gasteiger partial charge in [0.05, 0.1) is 0 Å². The number of hydrogen-bond donors (Lipinski definition) is 2. The number of phenols is 1. The fourth-order valence-electron chi connectivity index (χ4n) is 3.13. The first-order valence-corrected chi connectivity index (χ1v) is 7.21. The predicted octanol–water partition coefficient (Wildman–Crippen LogP) is 3.52. The molecule has 1 heterocycles. The summed E-state index contributed by atoms with van der Waals surface area (Å²) in [5.41, 5.74) is 2.83. The molecule has 0 saturated heterocycles. The molecule has 0 amide bonds. The first-order chi connectivity index (χ1) is 10.3. The van der Waals surface area contributed by atoms with Crippen LogP contribution >= 0.6 is 0 Å². The molecule has 3 heteroatoms. The summed E-state index contributed by atoms with van der Waals surface area (Å²) in [6, 6.07) is 16.3. The number of fused-ring (bicyclic) bond motifs is 2. The maximum Gasteiger partial charge on any atom is 0.134 e. The van der Waals surface area contributed by atoms with Gasteiger partial charge >= 0.3 is 0 Å². The van der Waals surface area contributed by atoms with Crippen molar-refractivity contribution in [1.29, 1.82) is 0 Å². The third-order valence-electron chi connectivity index (χ3n) is 4.14. The van der Waals surface area contributed by atoms with Gasteiger partial charge in [-0.15, -0.1) is 0 Å². The number of aromatic nitrogens is 1. The monoisotopic (exact) mass is 276 g/mol. The first-order valence-electron chi connectivity index (χ1n) is 7.21. The van der Waals surface area contributed by atoms with Crippen LogP contribution in [0.3, 0.4) is 0 Å². The van der Waals surface area contributed by atoms with Gasteiger partial charge in [0.1, 0.15) is 11.6 Å². The maximum atomic E-state index is 9.70. The van der Waals surface area contributed by atoms with Crippen molar-refractivity contribution >= 4 is 16.6 Å². The number of benzene rings is 2. The quantitative estimate of drug-likeness (QED) is 0.752. The molecular formula is C18H16N2O. The first kappa shape index (κ1) is 12.2. The van der Waals surface area contributed by atoms with E-state index in [9.17, 15) is 5.11 Å².